The van der Waals surface area contributed by atoms with Crippen LogP contribution in [0.25, 0.3) is 0 Å². The third kappa shape index (κ3) is 45.4. The molecule has 0 rings (SSSR count). The van der Waals surface area contributed by atoms with Gasteiger partial charge in [-0.25, -0.2) is 0 Å². The number of carboxylic acids is 2. The molecule has 37 heavy (non-hydrogen) atoms. The van der Waals surface area contributed by atoms with Gasteiger partial charge in [0.1, 0.15) is 0 Å². The summed E-state index contributed by atoms with van der Waals surface area (Å²) >= 11 is 0. The van der Waals surface area contributed by atoms with Crippen LogP contribution in [0.2, 0.25) is 0 Å². The molecule has 0 aliphatic heterocycles. The van der Waals surface area contributed by atoms with Gasteiger partial charge in [0.25, 0.3) is 0 Å². The molecule has 0 saturated carbocycles. The van der Waals surface area contributed by atoms with E-state index in [4.69, 9.17) is 10.2 Å². The van der Waals surface area contributed by atoms with E-state index in [-0.39, 0.29) is 32.3 Å². The molecule has 214 valence electrons. The summed E-state index contributed by atoms with van der Waals surface area (Å²) in [6, 6.07) is 0. The quantitative estimate of drug-likeness (QED) is 0.0613. The molecule has 2 N–H and O–H groups in total. The summed E-state index contributed by atoms with van der Waals surface area (Å²) in [6.45, 7) is 4.51. The summed E-state index contributed by atoms with van der Waals surface area (Å²) in [5.74, 6) is -1.48. The van der Waals surface area contributed by atoms with Crippen molar-refractivity contribution in [2.45, 2.75) is 168 Å². The zero-order valence-electron chi connectivity index (χ0n) is 24.7. The molecule has 0 aromatic carbocycles. The Morgan fingerprint density at radius 2 is 0.676 bits per heavy atom. The van der Waals surface area contributed by atoms with Crippen LogP contribution in [0.15, 0.2) is 24.3 Å². The minimum atomic E-state index is -0.741. The van der Waals surface area contributed by atoms with Gasteiger partial charge in [0.2, 0.25) is 0 Å². The van der Waals surface area contributed by atoms with Gasteiger partial charge in [-0.15, -0.1) is 0 Å². The van der Waals surface area contributed by atoms with Gasteiger partial charge < -0.3 is 10.2 Å². The number of allylic oxidation sites excluding steroid dienone is 2. The third-order valence-electron chi connectivity index (χ3n) is 6.37. The van der Waals surface area contributed by atoms with Crippen LogP contribution in [-0.2, 0) is 29.1 Å². The zero-order valence-corrected chi connectivity index (χ0v) is 27.7. The Labute approximate surface area is 242 Å². The number of hydrogen-bond donors (Lipinski definition) is 2. The molecule has 0 bridgehead atoms. The van der Waals surface area contributed by atoms with Gasteiger partial charge in [-0.1, -0.05) is 154 Å². The molecule has 0 fully saturated rings. The fourth-order valence-electron chi connectivity index (χ4n) is 4.10. The zero-order chi connectivity index (χ0) is 27.0. The molecule has 0 saturated heterocycles. The van der Waals surface area contributed by atoms with Gasteiger partial charge in [-0.05, 0) is 25.7 Å². The Hall–Kier alpha value is -0.957. The van der Waals surface area contributed by atoms with Crippen molar-refractivity contribution >= 4 is 11.9 Å². The second kappa shape index (κ2) is 37.2. The van der Waals surface area contributed by atoms with E-state index in [9.17, 15) is 9.59 Å². The average molecular weight is 574 g/mol. The predicted molar refractivity (Wildman–Crippen MR) is 156 cm³/mol. The molecule has 0 aromatic rings. The number of rotatable bonds is 26. The molecular formula is C32H60O4Zn. The molecule has 0 aromatic heterocycles. The first-order valence-corrected chi connectivity index (χ1v) is 15.3. The number of aliphatic carboxylic acids is 2. The predicted octanol–water partition coefficient (Wildman–Crippen LogP) is 10.7. The van der Waals surface area contributed by atoms with Crippen molar-refractivity contribution in [1.82, 2.24) is 0 Å². The molecule has 4 nitrogen and oxygen atoms in total. The standard InChI is InChI=1S/2C16H30O2.Zn/c2*1-2-3-4-5-6-7-8-9-10-11-12-13-14-15-16(17)18;/h2*13-14H,2-12,15H2,1H3,(H,17,18);. The summed E-state index contributed by atoms with van der Waals surface area (Å²) in [7, 11) is 0. The minimum absolute atomic E-state index is 0. The molecule has 0 aliphatic carbocycles. The Balaban J connectivity index is -0.000000608. The Bertz CT molecular complexity index is 471. The van der Waals surface area contributed by atoms with E-state index >= 15 is 0 Å². The van der Waals surface area contributed by atoms with E-state index in [1.54, 1.807) is 12.2 Å². The molecule has 0 radical (unpaired) electrons. The minimum Gasteiger partial charge on any atom is -0.481 e. The van der Waals surface area contributed by atoms with Crippen molar-refractivity contribution in [2.24, 2.45) is 0 Å². The maximum absolute atomic E-state index is 10.2. The normalized spacial score (nSPS) is 10.9. The number of hydrogen-bond acceptors (Lipinski definition) is 2. The molecule has 0 spiro atoms. The van der Waals surface area contributed by atoms with E-state index in [2.05, 4.69) is 13.8 Å². The summed E-state index contributed by atoms with van der Waals surface area (Å²) in [4.78, 5) is 20.5. The van der Waals surface area contributed by atoms with Crippen molar-refractivity contribution in [3.63, 3.8) is 0 Å². The van der Waals surface area contributed by atoms with Gasteiger partial charge in [-0.3, -0.25) is 9.59 Å². The molecule has 0 heterocycles. The number of carbonyl (C=O) groups is 2. The molecule has 5 heteroatoms. The van der Waals surface area contributed by atoms with Crippen molar-refractivity contribution in [3.8, 4) is 0 Å². The van der Waals surface area contributed by atoms with Crippen molar-refractivity contribution in [2.75, 3.05) is 0 Å². The van der Waals surface area contributed by atoms with Crippen LogP contribution in [0.3, 0.4) is 0 Å². The SMILES string of the molecule is CCCCCCCCCCCCC=CCC(=O)O.CCCCCCCCCCCCC=CCC(=O)O.[Zn]. The number of carboxylic acid groups (broad SMARTS) is 2. The molecular weight excluding hydrogens is 514 g/mol. The van der Waals surface area contributed by atoms with E-state index in [1.165, 1.54) is 128 Å². The fraction of sp³-hybridized carbons (Fsp3) is 0.812. The van der Waals surface area contributed by atoms with Gasteiger partial charge in [0.05, 0.1) is 12.8 Å². The second-order valence-electron chi connectivity index (χ2n) is 10.1. The van der Waals surface area contributed by atoms with E-state index in [0.717, 1.165) is 12.8 Å². The maximum atomic E-state index is 10.2. The largest absolute Gasteiger partial charge is 0.481 e. The third-order valence-corrected chi connectivity index (χ3v) is 6.37. The van der Waals surface area contributed by atoms with Crippen molar-refractivity contribution < 1.29 is 39.3 Å². The van der Waals surface area contributed by atoms with Gasteiger partial charge >= 0.3 is 11.9 Å². The van der Waals surface area contributed by atoms with Gasteiger partial charge in [-0.2, -0.15) is 0 Å². The van der Waals surface area contributed by atoms with Crippen molar-refractivity contribution in [3.05, 3.63) is 24.3 Å². The fourth-order valence-corrected chi connectivity index (χ4v) is 4.10. The Kier molecular flexibility index (Phi) is 40.8. The van der Waals surface area contributed by atoms with Crippen LogP contribution < -0.4 is 0 Å². The first kappa shape index (κ1) is 40.5. The van der Waals surface area contributed by atoms with Crippen LogP contribution in [0.4, 0.5) is 0 Å². The van der Waals surface area contributed by atoms with Crippen LogP contribution in [0, 0.1) is 0 Å². The van der Waals surface area contributed by atoms with Crippen LogP contribution >= 0.6 is 0 Å². The van der Waals surface area contributed by atoms with Gasteiger partial charge in [0.15, 0.2) is 0 Å². The van der Waals surface area contributed by atoms with Crippen molar-refractivity contribution in [1.29, 1.82) is 0 Å². The second-order valence-corrected chi connectivity index (χ2v) is 10.1. The Morgan fingerprint density at radius 1 is 0.432 bits per heavy atom. The first-order chi connectivity index (χ1) is 17.5. The summed E-state index contributed by atoms with van der Waals surface area (Å²) in [5.41, 5.74) is 0. The van der Waals surface area contributed by atoms with Gasteiger partial charge in [0, 0.05) is 19.5 Å². The number of unbranched alkanes of at least 4 members (excludes halogenated alkanes) is 20. The van der Waals surface area contributed by atoms with E-state index in [1.807, 2.05) is 12.2 Å². The maximum Gasteiger partial charge on any atom is 0.307 e. The molecule has 0 aliphatic rings. The Morgan fingerprint density at radius 3 is 0.919 bits per heavy atom. The van der Waals surface area contributed by atoms with E-state index in [0.29, 0.717) is 0 Å². The van der Waals surface area contributed by atoms with Crippen LogP contribution in [0.5, 0.6) is 0 Å². The molecule has 0 unspecified atom stereocenters. The summed E-state index contributed by atoms with van der Waals surface area (Å²) in [6.07, 6.45) is 36.9. The van der Waals surface area contributed by atoms with E-state index < -0.39 is 11.9 Å². The average Bonchev–Trinajstić information content (AvgIpc) is 2.85. The molecule has 0 amide bonds. The molecule has 0 atom stereocenters. The van der Waals surface area contributed by atoms with Crippen LogP contribution in [0.1, 0.15) is 168 Å². The smallest absolute Gasteiger partial charge is 0.307 e. The topological polar surface area (TPSA) is 74.6 Å². The van der Waals surface area contributed by atoms with Crippen LogP contribution in [-0.4, -0.2) is 22.2 Å². The summed E-state index contributed by atoms with van der Waals surface area (Å²) in [5, 5.41) is 16.9. The first-order valence-electron chi connectivity index (χ1n) is 15.3. The summed E-state index contributed by atoms with van der Waals surface area (Å²) < 4.78 is 0. The monoisotopic (exact) mass is 572 g/mol.